The number of aryl methyl sites for hydroxylation is 1. The number of aliphatic hydroxyl groups is 1. The van der Waals surface area contributed by atoms with E-state index in [1.165, 1.54) is 11.3 Å². The molecule has 104 valence electrons. The lowest BCUT2D eigenvalue weighted by Gasteiger charge is -2.05. The van der Waals surface area contributed by atoms with E-state index in [4.69, 9.17) is 16.2 Å². The van der Waals surface area contributed by atoms with E-state index in [1.54, 1.807) is 16.7 Å². The van der Waals surface area contributed by atoms with E-state index >= 15 is 0 Å². The second kappa shape index (κ2) is 5.34. The summed E-state index contributed by atoms with van der Waals surface area (Å²) >= 11 is 7.46. The average Bonchev–Trinajstić information content (AvgIpc) is 2.53. The Morgan fingerprint density at radius 2 is 2.16 bits per heavy atom. The van der Waals surface area contributed by atoms with Crippen LogP contribution in [0.4, 0.5) is 0 Å². The molecular weight excluding hydrogens is 310 g/mol. The van der Waals surface area contributed by atoms with E-state index in [1.807, 2.05) is 13.0 Å². The number of halogens is 1. The minimum atomic E-state index is -4.19. The fourth-order valence-electron chi connectivity index (χ4n) is 1.91. The number of aliphatic hydroxyl groups excluding tert-OH is 1. The van der Waals surface area contributed by atoms with Crippen molar-refractivity contribution in [3.05, 3.63) is 28.2 Å². The largest absolute Gasteiger partial charge is 0.385 e. The first-order valence-corrected chi connectivity index (χ1v) is 8.28. The van der Waals surface area contributed by atoms with Gasteiger partial charge >= 0.3 is 0 Å². The highest BCUT2D eigenvalue weighted by molar-refractivity contribution is 7.85. The van der Waals surface area contributed by atoms with Crippen LogP contribution in [-0.4, -0.2) is 29.9 Å². The Labute approximate surface area is 119 Å². The van der Waals surface area contributed by atoms with E-state index in [0.717, 1.165) is 15.2 Å². The Morgan fingerprint density at radius 1 is 1.47 bits per heavy atom. The van der Waals surface area contributed by atoms with Crippen LogP contribution in [0.25, 0.3) is 10.2 Å². The summed E-state index contributed by atoms with van der Waals surface area (Å²) in [5.41, 5.74) is 0.837. The molecule has 0 saturated heterocycles. The van der Waals surface area contributed by atoms with Gasteiger partial charge in [0.25, 0.3) is 10.1 Å². The first-order valence-electron chi connectivity index (χ1n) is 5.48. The number of hydrogen-bond acceptors (Lipinski definition) is 4. The number of benzene rings is 1. The molecule has 2 aromatic rings. The van der Waals surface area contributed by atoms with E-state index in [2.05, 4.69) is 0 Å². The Kier molecular flexibility index (Phi) is 4.12. The molecule has 0 aliphatic carbocycles. The van der Waals surface area contributed by atoms with Gasteiger partial charge < -0.3 is 5.11 Å². The van der Waals surface area contributed by atoms with Crippen molar-refractivity contribution in [2.75, 3.05) is 5.75 Å². The molecule has 1 aromatic heterocycles. The summed E-state index contributed by atoms with van der Waals surface area (Å²) in [7, 11) is -4.19. The van der Waals surface area contributed by atoms with Crippen LogP contribution in [0.3, 0.4) is 0 Å². The second-order valence-corrected chi connectivity index (χ2v) is 7.41. The summed E-state index contributed by atoms with van der Waals surface area (Å²) in [6.45, 7) is 1.96. The predicted octanol–water partition coefficient (Wildman–Crippen LogP) is 1.40. The van der Waals surface area contributed by atoms with Crippen molar-refractivity contribution in [3.8, 4) is 0 Å². The van der Waals surface area contributed by atoms with Crippen LogP contribution >= 0.6 is 22.9 Å². The van der Waals surface area contributed by atoms with Gasteiger partial charge in [0.1, 0.15) is 16.6 Å². The SMILES string of the molecule is Cc1sc2ccc(Cl)cc2[n+]1CC(O)CS(=O)(=O)O. The highest BCUT2D eigenvalue weighted by Gasteiger charge is 2.24. The molecule has 8 heteroatoms. The fraction of sp³-hybridized carbons (Fsp3) is 0.364. The smallest absolute Gasteiger partial charge is 0.267 e. The molecule has 0 radical (unpaired) electrons. The zero-order chi connectivity index (χ0) is 14.2. The van der Waals surface area contributed by atoms with Gasteiger partial charge in [-0.2, -0.15) is 13.0 Å². The van der Waals surface area contributed by atoms with Crippen molar-refractivity contribution in [1.29, 1.82) is 0 Å². The van der Waals surface area contributed by atoms with E-state index < -0.39 is 22.0 Å². The van der Waals surface area contributed by atoms with Crippen molar-refractivity contribution in [2.45, 2.75) is 19.6 Å². The molecule has 5 nitrogen and oxygen atoms in total. The molecule has 0 bridgehead atoms. The van der Waals surface area contributed by atoms with E-state index in [9.17, 15) is 13.5 Å². The van der Waals surface area contributed by atoms with Gasteiger partial charge in [0, 0.05) is 18.0 Å². The Morgan fingerprint density at radius 3 is 2.79 bits per heavy atom. The Balaban J connectivity index is 2.34. The minimum Gasteiger partial charge on any atom is -0.385 e. The molecule has 2 rings (SSSR count). The van der Waals surface area contributed by atoms with Gasteiger partial charge in [0.2, 0.25) is 10.5 Å². The first-order chi connectivity index (χ1) is 8.76. The number of aromatic nitrogens is 1. The van der Waals surface area contributed by atoms with Crippen LogP contribution in [0.1, 0.15) is 5.01 Å². The van der Waals surface area contributed by atoms with Crippen molar-refractivity contribution in [1.82, 2.24) is 0 Å². The van der Waals surface area contributed by atoms with Gasteiger partial charge in [0.05, 0.1) is 0 Å². The van der Waals surface area contributed by atoms with Gasteiger partial charge in [-0.15, -0.1) is 0 Å². The topological polar surface area (TPSA) is 78.5 Å². The summed E-state index contributed by atoms with van der Waals surface area (Å²) in [5.74, 6) is -0.683. The highest BCUT2D eigenvalue weighted by atomic mass is 35.5. The standard InChI is InChI=1S/C11H12ClNO4S2/c1-7-13(5-9(14)6-19(15,16)17)10-4-8(12)2-3-11(10)18-7/h2-4,9,14H,5-6H2,1H3/p+1. The Hall–Kier alpha value is -0.730. The van der Waals surface area contributed by atoms with Crippen LogP contribution in [0.5, 0.6) is 0 Å². The summed E-state index contributed by atoms with van der Waals surface area (Å²) in [5, 5.41) is 11.2. The number of nitrogens with zero attached hydrogens (tertiary/aromatic N) is 1. The lowest BCUT2D eigenvalue weighted by Crippen LogP contribution is -2.43. The molecule has 1 heterocycles. The minimum absolute atomic E-state index is 0.0893. The van der Waals surface area contributed by atoms with Crippen LogP contribution in [-0.2, 0) is 16.7 Å². The third kappa shape index (κ3) is 3.64. The maximum Gasteiger partial charge on any atom is 0.267 e. The van der Waals surface area contributed by atoms with Crippen molar-refractivity contribution < 1.29 is 22.6 Å². The van der Waals surface area contributed by atoms with Crippen molar-refractivity contribution in [3.63, 3.8) is 0 Å². The summed E-state index contributed by atoms with van der Waals surface area (Å²) < 4.78 is 33.0. The molecule has 0 spiro atoms. The number of hydrogen-bond donors (Lipinski definition) is 2. The van der Waals surface area contributed by atoms with Crippen LogP contribution in [0, 0.1) is 6.92 Å². The molecule has 1 atom stereocenters. The van der Waals surface area contributed by atoms with Gasteiger partial charge in [-0.25, -0.2) is 0 Å². The van der Waals surface area contributed by atoms with E-state index in [0.29, 0.717) is 5.02 Å². The second-order valence-electron chi connectivity index (χ2n) is 4.25. The summed E-state index contributed by atoms with van der Waals surface area (Å²) in [6.07, 6.45) is -1.17. The van der Waals surface area contributed by atoms with Crippen molar-refractivity contribution in [2.24, 2.45) is 0 Å². The van der Waals surface area contributed by atoms with Gasteiger partial charge in [-0.05, 0) is 12.1 Å². The van der Waals surface area contributed by atoms with Gasteiger partial charge in [0.15, 0.2) is 6.54 Å². The fourth-order valence-corrected chi connectivity index (χ4v) is 3.67. The van der Waals surface area contributed by atoms with E-state index in [-0.39, 0.29) is 6.54 Å². The third-order valence-corrected chi connectivity index (χ3v) is 4.77. The maximum atomic E-state index is 10.7. The van der Waals surface area contributed by atoms with Crippen LogP contribution < -0.4 is 4.57 Å². The number of fused-ring (bicyclic) bond motifs is 1. The number of rotatable bonds is 4. The maximum absolute atomic E-state index is 10.7. The molecule has 0 amide bonds. The van der Waals surface area contributed by atoms with Crippen molar-refractivity contribution >= 4 is 43.3 Å². The van der Waals surface area contributed by atoms with Crippen LogP contribution in [0.2, 0.25) is 5.02 Å². The van der Waals surface area contributed by atoms with Gasteiger partial charge in [-0.3, -0.25) is 4.55 Å². The zero-order valence-electron chi connectivity index (χ0n) is 10.1. The predicted molar refractivity (Wildman–Crippen MR) is 74.2 cm³/mol. The average molecular weight is 323 g/mol. The molecule has 0 fully saturated rings. The third-order valence-electron chi connectivity index (χ3n) is 2.65. The quantitative estimate of drug-likeness (QED) is 0.659. The normalized spacial score (nSPS) is 13.9. The molecule has 0 aliphatic heterocycles. The lowest BCUT2D eigenvalue weighted by atomic mass is 10.3. The van der Waals surface area contributed by atoms with Gasteiger partial charge in [-0.1, -0.05) is 22.9 Å². The molecule has 1 aromatic carbocycles. The van der Waals surface area contributed by atoms with Crippen LogP contribution in [0.15, 0.2) is 18.2 Å². The summed E-state index contributed by atoms with van der Waals surface area (Å²) in [6, 6.07) is 5.42. The molecular formula is C11H13ClNO4S2+. The first kappa shape index (κ1) is 14.7. The molecule has 0 saturated carbocycles. The molecule has 0 aliphatic rings. The zero-order valence-corrected chi connectivity index (χ0v) is 12.5. The molecule has 1 unspecified atom stereocenters. The highest BCUT2D eigenvalue weighted by Crippen LogP contribution is 2.23. The molecule has 19 heavy (non-hydrogen) atoms. The lowest BCUT2D eigenvalue weighted by molar-refractivity contribution is -0.679. The molecule has 2 N–H and O–H groups in total. The summed E-state index contributed by atoms with van der Waals surface area (Å²) in [4.78, 5) is 0. The number of thiazole rings is 1. The Bertz CT molecular complexity index is 711. The monoisotopic (exact) mass is 322 g/mol.